The van der Waals surface area contributed by atoms with E-state index in [0.717, 1.165) is 6.07 Å². The van der Waals surface area contributed by atoms with Gasteiger partial charge in [0, 0.05) is 25.4 Å². The summed E-state index contributed by atoms with van der Waals surface area (Å²) in [4.78, 5) is 33.0. The van der Waals surface area contributed by atoms with Gasteiger partial charge >= 0.3 is 0 Å². The quantitative estimate of drug-likeness (QED) is 0.349. The highest BCUT2D eigenvalue weighted by Gasteiger charge is 2.20. The SMILES string of the molecule is CNC(=O)[C@@H](C)Cn1cnc2ccc(-c3cnc(OC)c(NS(=O)(=O)c4ccc(F)c(F)c4)c3)cc2c1=O. The molecular weight excluding hydrogens is 520 g/mol. The average molecular weight is 544 g/mol. The van der Waals surface area contributed by atoms with Crippen LogP contribution in [0.15, 0.2) is 64.7 Å². The van der Waals surface area contributed by atoms with Crippen molar-refractivity contribution in [2.24, 2.45) is 5.92 Å². The number of pyridine rings is 1. The van der Waals surface area contributed by atoms with Gasteiger partial charge < -0.3 is 10.1 Å². The lowest BCUT2D eigenvalue weighted by molar-refractivity contribution is -0.124. The second kappa shape index (κ2) is 10.5. The number of anilines is 1. The van der Waals surface area contributed by atoms with E-state index in [0.29, 0.717) is 28.8 Å². The Morgan fingerprint density at radius 1 is 1.08 bits per heavy atom. The van der Waals surface area contributed by atoms with Crippen molar-refractivity contribution in [1.29, 1.82) is 0 Å². The number of carbonyl (C=O) groups excluding carboxylic acids is 1. The van der Waals surface area contributed by atoms with Gasteiger partial charge in [0.1, 0.15) is 5.69 Å². The van der Waals surface area contributed by atoms with Crippen molar-refractivity contribution in [2.45, 2.75) is 18.4 Å². The number of rotatable bonds is 8. The molecule has 10 nitrogen and oxygen atoms in total. The van der Waals surface area contributed by atoms with Crippen molar-refractivity contribution in [2.75, 3.05) is 18.9 Å². The van der Waals surface area contributed by atoms with Crippen LogP contribution in [0.1, 0.15) is 6.92 Å². The maximum Gasteiger partial charge on any atom is 0.262 e. The molecule has 2 aromatic heterocycles. The average Bonchev–Trinajstić information content (AvgIpc) is 2.90. The fourth-order valence-electron chi connectivity index (χ4n) is 3.79. The summed E-state index contributed by atoms with van der Waals surface area (Å²) in [5, 5.41) is 2.83. The third kappa shape index (κ3) is 5.32. The van der Waals surface area contributed by atoms with Crippen LogP contribution in [0.4, 0.5) is 14.5 Å². The molecule has 0 unspecified atom stereocenters. The molecule has 4 aromatic rings. The lowest BCUT2D eigenvalue weighted by atomic mass is 10.0. The largest absolute Gasteiger partial charge is 0.480 e. The number of hydrogen-bond acceptors (Lipinski definition) is 7. The molecule has 38 heavy (non-hydrogen) atoms. The zero-order chi connectivity index (χ0) is 27.6. The van der Waals surface area contributed by atoms with Gasteiger partial charge in [-0.15, -0.1) is 0 Å². The van der Waals surface area contributed by atoms with E-state index >= 15 is 0 Å². The fraction of sp³-hybridized carbons (Fsp3) is 0.200. The minimum absolute atomic E-state index is 0.0576. The number of fused-ring (bicyclic) bond motifs is 1. The van der Waals surface area contributed by atoms with Crippen molar-refractivity contribution in [1.82, 2.24) is 19.9 Å². The molecule has 2 aromatic carbocycles. The van der Waals surface area contributed by atoms with Crippen LogP contribution in [0.5, 0.6) is 5.88 Å². The van der Waals surface area contributed by atoms with Crippen LogP contribution in [0, 0.1) is 17.6 Å². The van der Waals surface area contributed by atoms with Crippen LogP contribution >= 0.6 is 0 Å². The number of ether oxygens (including phenoxy) is 1. The molecule has 2 heterocycles. The molecule has 4 rings (SSSR count). The molecule has 0 fully saturated rings. The monoisotopic (exact) mass is 543 g/mol. The Balaban J connectivity index is 1.73. The Labute approximate surface area is 216 Å². The van der Waals surface area contributed by atoms with Gasteiger partial charge in [0.25, 0.3) is 15.6 Å². The summed E-state index contributed by atoms with van der Waals surface area (Å²) >= 11 is 0. The minimum atomic E-state index is -4.32. The standard InChI is InChI=1S/C25H23F2N5O5S/c1-14(23(33)28-2)12-32-13-30-21-7-4-15(8-18(21)25(32)34)16-9-22(24(37-3)29-11-16)31-38(35,36)17-5-6-19(26)20(27)10-17/h4-11,13-14,31H,12H2,1-3H3,(H,28,33)/t14-/m0/s1. The Morgan fingerprint density at radius 2 is 1.84 bits per heavy atom. The Hall–Kier alpha value is -4.39. The zero-order valence-corrected chi connectivity index (χ0v) is 21.3. The molecule has 1 atom stereocenters. The van der Waals surface area contributed by atoms with Crippen molar-refractivity contribution in [3.05, 3.63) is 77.0 Å². The number of nitrogens with zero attached hydrogens (tertiary/aromatic N) is 3. The molecule has 13 heteroatoms. The molecule has 0 aliphatic rings. The molecule has 0 aliphatic heterocycles. The second-order valence-corrected chi connectivity index (χ2v) is 10.1. The predicted molar refractivity (Wildman–Crippen MR) is 136 cm³/mol. The predicted octanol–water partition coefficient (Wildman–Crippen LogP) is 2.93. The number of benzene rings is 2. The van der Waals surface area contributed by atoms with E-state index in [1.165, 1.54) is 37.3 Å². The van der Waals surface area contributed by atoms with Crippen LogP contribution < -0.4 is 20.3 Å². The molecular formula is C25H23F2N5O5S. The van der Waals surface area contributed by atoms with Crippen LogP contribution in [-0.2, 0) is 21.4 Å². The van der Waals surface area contributed by atoms with Gasteiger partial charge in [0.15, 0.2) is 11.6 Å². The Morgan fingerprint density at radius 3 is 2.53 bits per heavy atom. The number of halogens is 2. The van der Waals surface area contributed by atoms with Crippen LogP contribution in [0.2, 0.25) is 0 Å². The molecule has 0 aliphatic carbocycles. The van der Waals surface area contributed by atoms with E-state index in [1.54, 1.807) is 25.1 Å². The molecule has 0 spiro atoms. The van der Waals surface area contributed by atoms with E-state index in [-0.39, 0.29) is 35.0 Å². The Bertz CT molecular complexity index is 1710. The molecule has 1 amide bonds. The molecule has 2 N–H and O–H groups in total. The van der Waals surface area contributed by atoms with Crippen molar-refractivity contribution in [3.8, 4) is 17.0 Å². The third-order valence-corrected chi connectivity index (χ3v) is 7.18. The Kier molecular flexibility index (Phi) is 7.39. The van der Waals surface area contributed by atoms with E-state index < -0.39 is 32.5 Å². The summed E-state index contributed by atoms with van der Waals surface area (Å²) in [7, 11) is -1.52. The summed E-state index contributed by atoms with van der Waals surface area (Å²) in [6.45, 7) is 1.82. The van der Waals surface area contributed by atoms with Gasteiger partial charge in [-0.3, -0.25) is 18.9 Å². The van der Waals surface area contributed by atoms with Crippen molar-refractivity contribution in [3.63, 3.8) is 0 Å². The molecule has 198 valence electrons. The van der Waals surface area contributed by atoms with Crippen molar-refractivity contribution < 1.29 is 26.7 Å². The summed E-state index contributed by atoms with van der Waals surface area (Å²) in [6, 6.07) is 8.54. The van der Waals surface area contributed by atoms with Gasteiger partial charge in [0.2, 0.25) is 11.8 Å². The number of carbonyl (C=O) groups is 1. The first-order valence-corrected chi connectivity index (χ1v) is 12.8. The van der Waals surface area contributed by atoms with Crippen LogP contribution in [0.3, 0.4) is 0 Å². The molecule has 0 radical (unpaired) electrons. The first-order valence-electron chi connectivity index (χ1n) is 11.3. The highest BCUT2D eigenvalue weighted by atomic mass is 32.2. The van der Waals surface area contributed by atoms with Crippen LogP contribution in [0.25, 0.3) is 22.0 Å². The summed E-state index contributed by atoms with van der Waals surface area (Å²) in [5.74, 6) is -3.23. The maximum absolute atomic E-state index is 13.6. The van der Waals surface area contributed by atoms with Gasteiger partial charge in [-0.25, -0.2) is 27.2 Å². The minimum Gasteiger partial charge on any atom is -0.480 e. The van der Waals surface area contributed by atoms with Crippen LogP contribution in [-0.4, -0.2) is 43.0 Å². The summed E-state index contributed by atoms with van der Waals surface area (Å²) < 4.78 is 61.4. The number of amides is 1. The summed E-state index contributed by atoms with van der Waals surface area (Å²) in [6.07, 6.45) is 2.81. The van der Waals surface area contributed by atoms with E-state index in [1.807, 2.05) is 0 Å². The van der Waals surface area contributed by atoms with Gasteiger partial charge in [-0.05, 0) is 42.0 Å². The van der Waals surface area contributed by atoms with Gasteiger partial charge in [-0.1, -0.05) is 13.0 Å². The molecule has 0 saturated heterocycles. The number of nitrogens with one attached hydrogen (secondary N) is 2. The number of sulfonamides is 1. The molecule has 0 saturated carbocycles. The zero-order valence-electron chi connectivity index (χ0n) is 20.5. The lowest BCUT2D eigenvalue weighted by Crippen LogP contribution is -2.32. The normalized spacial score (nSPS) is 12.2. The topological polar surface area (TPSA) is 132 Å². The van der Waals surface area contributed by atoms with E-state index in [9.17, 15) is 26.8 Å². The third-order valence-electron chi connectivity index (χ3n) is 5.81. The van der Waals surface area contributed by atoms with Gasteiger partial charge in [0.05, 0.1) is 35.2 Å². The van der Waals surface area contributed by atoms with Gasteiger partial charge in [-0.2, -0.15) is 0 Å². The fourth-order valence-corrected chi connectivity index (χ4v) is 4.85. The lowest BCUT2D eigenvalue weighted by Gasteiger charge is -2.14. The number of aromatic nitrogens is 3. The first kappa shape index (κ1) is 26.7. The first-order chi connectivity index (χ1) is 18.0. The second-order valence-electron chi connectivity index (χ2n) is 8.41. The number of methoxy groups -OCH3 is 1. The highest BCUT2D eigenvalue weighted by Crippen LogP contribution is 2.31. The van der Waals surface area contributed by atoms with E-state index in [2.05, 4.69) is 20.0 Å². The van der Waals surface area contributed by atoms with Crippen molar-refractivity contribution >= 4 is 32.5 Å². The van der Waals surface area contributed by atoms with E-state index in [4.69, 9.17) is 4.74 Å². The summed E-state index contributed by atoms with van der Waals surface area (Å²) in [5.41, 5.74) is 0.982. The smallest absolute Gasteiger partial charge is 0.262 e. The highest BCUT2D eigenvalue weighted by molar-refractivity contribution is 7.92. The maximum atomic E-state index is 13.6. The number of hydrogen-bond donors (Lipinski definition) is 2. The molecule has 0 bridgehead atoms.